The van der Waals surface area contributed by atoms with Gasteiger partial charge in [-0.05, 0) is 49.2 Å². The van der Waals surface area contributed by atoms with E-state index in [2.05, 4.69) is 5.32 Å². The molecule has 1 N–H and O–H groups in total. The zero-order chi connectivity index (χ0) is 20.7. The highest BCUT2D eigenvalue weighted by Crippen LogP contribution is 2.41. The topological polar surface area (TPSA) is 66.5 Å². The molecule has 2 unspecified atom stereocenters. The average molecular weight is 452 g/mol. The lowest BCUT2D eigenvalue weighted by Crippen LogP contribution is -2.31. The fourth-order valence-corrected chi connectivity index (χ4v) is 4.69. The van der Waals surface area contributed by atoms with Crippen LogP contribution >= 0.6 is 34.8 Å². The monoisotopic (exact) mass is 450 g/mol. The Kier molecular flexibility index (Phi) is 5.56. The molecule has 2 aliphatic rings. The lowest BCUT2D eigenvalue weighted by atomic mass is 9.81. The largest absolute Gasteiger partial charge is 0.321 e. The van der Waals surface area contributed by atoms with Crippen LogP contribution in [0.15, 0.2) is 36.4 Å². The van der Waals surface area contributed by atoms with Crippen LogP contribution in [0.2, 0.25) is 15.1 Å². The summed E-state index contributed by atoms with van der Waals surface area (Å²) in [6.45, 7) is 0. The van der Waals surface area contributed by atoms with Gasteiger partial charge in [-0.15, -0.1) is 0 Å². The fourth-order valence-electron chi connectivity index (χ4n) is 4.03. The standard InChI is InChI=1S/C21H17Cl3N2O3/c22-11-5-7-15(17(24)9-11)19(27)25-18-10-12(6-8-16(18)23)26-20(28)13-3-1-2-4-14(13)21(26)29/h5-10,13-14H,1-4H2,(H,25,27). The van der Waals surface area contributed by atoms with Crippen LogP contribution in [0.4, 0.5) is 11.4 Å². The summed E-state index contributed by atoms with van der Waals surface area (Å²) in [6, 6.07) is 9.25. The number of halogens is 3. The molecule has 5 nitrogen and oxygen atoms in total. The summed E-state index contributed by atoms with van der Waals surface area (Å²) < 4.78 is 0. The van der Waals surface area contributed by atoms with E-state index in [4.69, 9.17) is 34.8 Å². The second-order valence-corrected chi connectivity index (χ2v) is 8.50. The summed E-state index contributed by atoms with van der Waals surface area (Å²) in [5.74, 6) is -1.34. The highest BCUT2D eigenvalue weighted by Gasteiger charge is 2.48. The van der Waals surface area contributed by atoms with Crippen molar-refractivity contribution in [2.24, 2.45) is 11.8 Å². The van der Waals surface area contributed by atoms with Crippen molar-refractivity contribution in [3.05, 3.63) is 57.0 Å². The number of benzene rings is 2. The van der Waals surface area contributed by atoms with Gasteiger partial charge in [0.25, 0.3) is 5.91 Å². The third-order valence-corrected chi connectivity index (χ3v) is 6.35. The number of nitrogens with one attached hydrogen (secondary N) is 1. The molecule has 1 saturated carbocycles. The molecule has 1 aliphatic carbocycles. The number of rotatable bonds is 3. The molecule has 1 saturated heterocycles. The zero-order valence-corrected chi connectivity index (χ0v) is 17.5. The summed E-state index contributed by atoms with van der Waals surface area (Å²) in [5, 5.41) is 3.60. The molecule has 4 rings (SSSR count). The smallest absolute Gasteiger partial charge is 0.257 e. The number of fused-ring (bicyclic) bond motifs is 1. The maximum absolute atomic E-state index is 12.8. The molecule has 0 spiro atoms. The van der Waals surface area contributed by atoms with E-state index in [-0.39, 0.29) is 44.9 Å². The number of amides is 3. The first kappa shape index (κ1) is 20.2. The van der Waals surface area contributed by atoms with Crippen molar-refractivity contribution in [1.82, 2.24) is 0 Å². The van der Waals surface area contributed by atoms with Crippen molar-refractivity contribution in [3.8, 4) is 0 Å². The molecule has 29 heavy (non-hydrogen) atoms. The van der Waals surface area contributed by atoms with Crippen molar-refractivity contribution in [2.45, 2.75) is 25.7 Å². The normalized spacial score (nSPS) is 21.3. The molecule has 0 bridgehead atoms. The second-order valence-electron chi connectivity index (χ2n) is 7.25. The van der Waals surface area contributed by atoms with Crippen molar-refractivity contribution >= 4 is 63.9 Å². The molecule has 2 aromatic rings. The second kappa shape index (κ2) is 7.98. The lowest BCUT2D eigenvalue weighted by molar-refractivity contribution is -0.122. The van der Waals surface area contributed by atoms with E-state index in [0.717, 1.165) is 25.7 Å². The Balaban J connectivity index is 1.62. The Morgan fingerprint density at radius 2 is 1.55 bits per heavy atom. The first-order valence-electron chi connectivity index (χ1n) is 9.30. The van der Waals surface area contributed by atoms with E-state index >= 15 is 0 Å². The van der Waals surface area contributed by atoms with Gasteiger partial charge in [-0.1, -0.05) is 47.6 Å². The molecule has 8 heteroatoms. The molecule has 2 aromatic carbocycles. The van der Waals surface area contributed by atoms with Crippen molar-refractivity contribution in [2.75, 3.05) is 10.2 Å². The minimum Gasteiger partial charge on any atom is -0.321 e. The molecule has 0 aromatic heterocycles. The third kappa shape index (κ3) is 3.75. The summed E-state index contributed by atoms with van der Waals surface area (Å²) in [4.78, 5) is 39.5. The Morgan fingerprint density at radius 3 is 2.17 bits per heavy atom. The zero-order valence-electron chi connectivity index (χ0n) is 15.3. The highest BCUT2D eigenvalue weighted by molar-refractivity contribution is 6.38. The SMILES string of the molecule is O=C(Nc1cc(N2C(=O)C3CCCCC3C2=O)ccc1Cl)c1ccc(Cl)cc1Cl. The van der Waals surface area contributed by atoms with Gasteiger partial charge < -0.3 is 5.32 Å². The molecule has 2 fully saturated rings. The molecule has 1 aliphatic heterocycles. The summed E-state index contributed by atoms with van der Waals surface area (Å²) in [7, 11) is 0. The minimum atomic E-state index is -0.474. The fraction of sp³-hybridized carbons (Fsp3) is 0.286. The summed E-state index contributed by atoms with van der Waals surface area (Å²) in [5.41, 5.74) is 0.920. The maximum atomic E-state index is 12.8. The lowest BCUT2D eigenvalue weighted by Gasteiger charge is -2.19. The predicted octanol–water partition coefficient (Wildman–Crippen LogP) is 5.58. The van der Waals surface area contributed by atoms with E-state index in [1.54, 1.807) is 18.2 Å². The minimum absolute atomic E-state index is 0.181. The third-order valence-electron chi connectivity index (χ3n) is 5.47. The van der Waals surface area contributed by atoms with Crippen LogP contribution in [0.5, 0.6) is 0 Å². The number of nitrogens with zero attached hydrogens (tertiary/aromatic N) is 1. The molecule has 150 valence electrons. The first-order valence-corrected chi connectivity index (χ1v) is 10.4. The molecular formula is C21H17Cl3N2O3. The molecule has 1 heterocycles. The first-order chi connectivity index (χ1) is 13.9. The van der Waals surface area contributed by atoms with Gasteiger partial charge in [-0.25, -0.2) is 4.90 Å². The van der Waals surface area contributed by atoms with Crippen LogP contribution in [0.25, 0.3) is 0 Å². The van der Waals surface area contributed by atoms with Gasteiger partial charge in [-0.3, -0.25) is 14.4 Å². The molecule has 2 atom stereocenters. The van der Waals surface area contributed by atoms with Crippen LogP contribution in [-0.4, -0.2) is 17.7 Å². The van der Waals surface area contributed by atoms with E-state index in [0.29, 0.717) is 10.7 Å². The van der Waals surface area contributed by atoms with Gasteiger partial charge in [0.2, 0.25) is 11.8 Å². The Hall–Kier alpha value is -2.08. The van der Waals surface area contributed by atoms with Gasteiger partial charge >= 0.3 is 0 Å². The number of carbonyl (C=O) groups is 3. The predicted molar refractivity (Wildman–Crippen MR) is 114 cm³/mol. The van der Waals surface area contributed by atoms with Crippen molar-refractivity contribution in [3.63, 3.8) is 0 Å². The van der Waals surface area contributed by atoms with E-state index in [9.17, 15) is 14.4 Å². The van der Waals surface area contributed by atoms with Gasteiger partial charge in [0.05, 0.1) is 38.8 Å². The van der Waals surface area contributed by atoms with Crippen LogP contribution in [0, 0.1) is 11.8 Å². The van der Waals surface area contributed by atoms with Gasteiger partial charge in [0, 0.05) is 5.02 Å². The Morgan fingerprint density at radius 1 is 0.897 bits per heavy atom. The molecular weight excluding hydrogens is 435 g/mol. The summed E-state index contributed by atoms with van der Waals surface area (Å²) in [6.07, 6.45) is 3.38. The van der Waals surface area contributed by atoms with Crippen molar-refractivity contribution < 1.29 is 14.4 Å². The van der Waals surface area contributed by atoms with Gasteiger partial charge in [0.15, 0.2) is 0 Å². The number of carbonyl (C=O) groups excluding carboxylic acids is 3. The van der Waals surface area contributed by atoms with E-state index in [1.165, 1.54) is 23.1 Å². The Labute approximate surface area is 182 Å². The van der Waals surface area contributed by atoms with E-state index < -0.39 is 5.91 Å². The van der Waals surface area contributed by atoms with Gasteiger partial charge in [-0.2, -0.15) is 0 Å². The number of imide groups is 1. The quantitative estimate of drug-likeness (QED) is 0.620. The van der Waals surface area contributed by atoms with Crippen LogP contribution in [0.1, 0.15) is 36.0 Å². The average Bonchev–Trinajstić information content (AvgIpc) is 2.94. The van der Waals surface area contributed by atoms with Crippen LogP contribution < -0.4 is 10.2 Å². The molecule has 0 radical (unpaired) electrons. The van der Waals surface area contributed by atoms with Crippen molar-refractivity contribution in [1.29, 1.82) is 0 Å². The van der Waals surface area contributed by atoms with Gasteiger partial charge in [0.1, 0.15) is 0 Å². The van der Waals surface area contributed by atoms with Crippen LogP contribution in [-0.2, 0) is 9.59 Å². The maximum Gasteiger partial charge on any atom is 0.257 e. The number of hydrogen-bond donors (Lipinski definition) is 1. The number of hydrogen-bond acceptors (Lipinski definition) is 3. The number of anilines is 2. The highest BCUT2D eigenvalue weighted by atomic mass is 35.5. The summed E-state index contributed by atoms with van der Waals surface area (Å²) >= 11 is 18.2. The van der Waals surface area contributed by atoms with E-state index in [1.807, 2.05) is 0 Å². The van der Waals surface area contributed by atoms with Crippen LogP contribution in [0.3, 0.4) is 0 Å². The molecule has 3 amide bonds. The Bertz CT molecular complexity index is 1000.